The summed E-state index contributed by atoms with van der Waals surface area (Å²) in [4.78, 5) is 52.7. The number of rotatable bonds is 7. The van der Waals surface area contributed by atoms with E-state index < -0.39 is 53.4 Å². The second-order valence-corrected chi connectivity index (χ2v) is 12.3. The molecule has 0 aromatic rings. The highest BCUT2D eigenvalue weighted by molar-refractivity contribution is 5.95. The van der Waals surface area contributed by atoms with Crippen molar-refractivity contribution in [1.29, 1.82) is 5.26 Å². The zero-order chi connectivity index (χ0) is 28.0. The molecule has 2 bridgehead atoms. The number of carbonyl (C=O) groups excluding carboxylic acids is 4. The van der Waals surface area contributed by atoms with Crippen LogP contribution >= 0.6 is 0 Å². The largest absolute Gasteiger partial charge is 0.471 e. The van der Waals surface area contributed by atoms with Crippen molar-refractivity contribution in [3.05, 3.63) is 0 Å². The summed E-state index contributed by atoms with van der Waals surface area (Å²) in [6, 6.07) is -1.69. The van der Waals surface area contributed by atoms with Crippen molar-refractivity contribution in [3.63, 3.8) is 0 Å². The van der Waals surface area contributed by atoms with E-state index in [1.807, 2.05) is 11.4 Å². The summed E-state index contributed by atoms with van der Waals surface area (Å²) in [6.45, 7) is 5.19. The Balaban J connectivity index is 1.58. The lowest BCUT2D eigenvalue weighted by atomic mass is 9.69. The molecule has 4 fully saturated rings. The molecule has 0 radical (unpaired) electrons. The number of likely N-dealkylation sites (tertiary alicyclic amines) is 1. The Morgan fingerprint density at radius 3 is 2.26 bits per heavy atom. The molecule has 1 unspecified atom stereocenters. The van der Waals surface area contributed by atoms with Crippen molar-refractivity contribution >= 4 is 23.6 Å². The fourth-order valence-corrected chi connectivity index (χ4v) is 6.71. The van der Waals surface area contributed by atoms with Crippen molar-refractivity contribution in [2.45, 2.75) is 96.1 Å². The summed E-state index contributed by atoms with van der Waals surface area (Å²) in [5, 5.41) is 17.0. The van der Waals surface area contributed by atoms with Crippen LogP contribution in [0.2, 0.25) is 0 Å². The van der Waals surface area contributed by atoms with E-state index >= 15 is 0 Å². The SMILES string of the molecule is CC(C)(C)[C@H](NC(=O)C(F)(F)F)C(=O)N1[C@@H]2CC(C3CCC3)[C@@H](C2)[C@H]1C(=O)N[C@H](C#N)C[C@@H]1CCNC1=O. The normalized spacial score (nSPS) is 30.7. The van der Waals surface area contributed by atoms with Gasteiger partial charge in [-0.25, -0.2) is 0 Å². The van der Waals surface area contributed by atoms with Gasteiger partial charge in [0.25, 0.3) is 0 Å². The Bertz CT molecular complexity index is 1020. The van der Waals surface area contributed by atoms with Gasteiger partial charge in [-0.05, 0) is 48.9 Å². The van der Waals surface area contributed by atoms with Crippen LogP contribution in [0.15, 0.2) is 0 Å². The maximum Gasteiger partial charge on any atom is 0.471 e. The number of fused-ring (bicyclic) bond motifs is 2. The van der Waals surface area contributed by atoms with E-state index in [0.29, 0.717) is 31.7 Å². The average Bonchev–Trinajstić information content (AvgIpc) is 3.48. The number of nitrogens with one attached hydrogen (secondary N) is 3. The number of hydrogen-bond acceptors (Lipinski definition) is 5. The van der Waals surface area contributed by atoms with Crippen LogP contribution in [-0.2, 0) is 19.2 Å². The predicted molar refractivity (Wildman–Crippen MR) is 129 cm³/mol. The molecule has 4 aliphatic rings. The Hall–Kier alpha value is -2.84. The summed E-state index contributed by atoms with van der Waals surface area (Å²) in [5.41, 5.74) is -1.06. The molecule has 4 amide bonds. The maximum absolute atomic E-state index is 13.8. The van der Waals surface area contributed by atoms with Gasteiger partial charge in [0.15, 0.2) is 0 Å². The van der Waals surface area contributed by atoms with E-state index in [0.717, 1.165) is 19.3 Å². The second kappa shape index (κ2) is 10.4. The number of amides is 4. The van der Waals surface area contributed by atoms with Gasteiger partial charge in [-0.15, -0.1) is 0 Å². The van der Waals surface area contributed by atoms with E-state index in [-0.39, 0.29) is 30.2 Å². The molecule has 2 aliphatic heterocycles. The average molecular weight is 540 g/mol. The zero-order valence-electron chi connectivity index (χ0n) is 21.9. The molecule has 210 valence electrons. The molecule has 0 aromatic heterocycles. The molecule has 0 spiro atoms. The standard InChI is InChI=1S/C26H36F3N5O4/c1-25(2,3)20(33-24(38)26(27,28)29)23(37)34-16-10-17(13-5-4-6-13)18(11-16)19(34)22(36)32-15(12-30)9-14-7-8-31-21(14)35/h13-20H,4-11H2,1-3H3,(H,31,35)(H,32,36)(H,33,38)/t14-,15-,16+,17?,18+,19-,20+/m0/s1. The minimum absolute atomic E-state index is 0.140. The minimum atomic E-state index is -5.16. The van der Waals surface area contributed by atoms with Gasteiger partial charge >= 0.3 is 12.1 Å². The summed E-state index contributed by atoms with van der Waals surface area (Å²) >= 11 is 0. The van der Waals surface area contributed by atoms with Crippen LogP contribution in [0.5, 0.6) is 0 Å². The van der Waals surface area contributed by atoms with Crippen LogP contribution in [0.3, 0.4) is 0 Å². The number of nitriles is 1. The molecule has 0 aromatic carbocycles. The monoisotopic (exact) mass is 539 g/mol. The summed E-state index contributed by atoms with van der Waals surface area (Å²) in [5.74, 6) is -3.56. The first-order valence-electron chi connectivity index (χ1n) is 13.4. The first-order valence-corrected chi connectivity index (χ1v) is 13.4. The number of halogens is 3. The zero-order valence-corrected chi connectivity index (χ0v) is 21.9. The van der Waals surface area contributed by atoms with Crippen LogP contribution < -0.4 is 16.0 Å². The summed E-state index contributed by atoms with van der Waals surface area (Å²) < 4.78 is 39.3. The van der Waals surface area contributed by atoms with E-state index in [4.69, 9.17) is 0 Å². The van der Waals surface area contributed by atoms with Crippen LogP contribution in [0.4, 0.5) is 13.2 Å². The van der Waals surface area contributed by atoms with Gasteiger partial charge in [0.1, 0.15) is 18.1 Å². The molecule has 7 atom stereocenters. The molecule has 2 saturated heterocycles. The first kappa shape index (κ1) is 28.2. The quantitative estimate of drug-likeness (QED) is 0.456. The molecule has 9 nitrogen and oxygen atoms in total. The Morgan fingerprint density at radius 2 is 1.76 bits per heavy atom. The number of hydrogen-bond donors (Lipinski definition) is 3. The number of carbonyl (C=O) groups is 4. The number of nitrogens with zero attached hydrogens (tertiary/aromatic N) is 2. The highest BCUT2D eigenvalue weighted by Gasteiger charge is 2.59. The van der Waals surface area contributed by atoms with Crippen molar-refractivity contribution in [2.75, 3.05) is 6.54 Å². The van der Waals surface area contributed by atoms with Crippen LogP contribution in [0, 0.1) is 40.4 Å². The van der Waals surface area contributed by atoms with Crippen molar-refractivity contribution in [1.82, 2.24) is 20.9 Å². The first-order chi connectivity index (χ1) is 17.7. The fraction of sp³-hybridized carbons (Fsp3) is 0.808. The van der Waals surface area contributed by atoms with E-state index in [2.05, 4.69) is 10.6 Å². The van der Waals surface area contributed by atoms with E-state index in [9.17, 15) is 37.6 Å². The fourth-order valence-electron chi connectivity index (χ4n) is 6.71. The molecular formula is C26H36F3N5O4. The van der Waals surface area contributed by atoms with Crippen LogP contribution in [0.25, 0.3) is 0 Å². The number of alkyl halides is 3. The van der Waals surface area contributed by atoms with Gasteiger partial charge in [-0.3, -0.25) is 19.2 Å². The smallest absolute Gasteiger partial charge is 0.356 e. The lowest BCUT2D eigenvalue weighted by Crippen LogP contribution is -2.63. The Kier molecular flexibility index (Phi) is 7.70. The van der Waals surface area contributed by atoms with Crippen molar-refractivity contribution in [2.24, 2.45) is 29.1 Å². The molecule has 38 heavy (non-hydrogen) atoms. The van der Waals surface area contributed by atoms with E-state index in [1.165, 1.54) is 4.90 Å². The van der Waals surface area contributed by atoms with Gasteiger partial charge in [0, 0.05) is 18.5 Å². The van der Waals surface area contributed by atoms with Gasteiger partial charge in [0.2, 0.25) is 17.7 Å². The molecule has 4 rings (SSSR count). The molecule has 2 heterocycles. The second-order valence-electron chi connectivity index (χ2n) is 12.3. The number of piperidine rings is 1. The van der Waals surface area contributed by atoms with Gasteiger partial charge in [-0.2, -0.15) is 18.4 Å². The highest BCUT2D eigenvalue weighted by atomic mass is 19.4. The third-order valence-corrected chi connectivity index (χ3v) is 8.82. The Labute approximate surface area is 220 Å². The molecule has 12 heteroatoms. The summed E-state index contributed by atoms with van der Waals surface area (Å²) in [6.07, 6.45) is -0.0566. The van der Waals surface area contributed by atoms with Crippen molar-refractivity contribution < 1.29 is 32.3 Å². The third-order valence-electron chi connectivity index (χ3n) is 8.82. The minimum Gasteiger partial charge on any atom is -0.356 e. The lowest BCUT2D eigenvalue weighted by Gasteiger charge is -2.45. The molecule has 2 saturated carbocycles. The van der Waals surface area contributed by atoms with Gasteiger partial charge < -0.3 is 20.9 Å². The lowest BCUT2D eigenvalue weighted by molar-refractivity contribution is -0.176. The van der Waals surface area contributed by atoms with Crippen LogP contribution in [0.1, 0.15) is 65.7 Å². The van der Waals surface area contributed by atoms with E-state index in [1.54, 1.807) is 20.8 Å². The van der Waals surface area contributed by atoms with Gasteiger partial charge in [-0.1, -0.05) is 40.0 Å². The van der Waals surface area contributed by atoms with Crippen LogP contribution in [-0.4, -0.2) is 65.4 Å². The highest BCUT2D eigenvalue weighted by Crippen LogP contribution is 2.54. The van der Waals surface area contributed by atoms with Gasteiger partial charge in [0.05, 0.1) is 6.07 Å². The Morgan fingerprint density at radius 1 is 1.11 bits per heavy atom. The molecule has 2 aliphatic carbocycles. The topological polar surface area (TPSA) is 131 Å². The summed E-state index contributed by atoms with van der Waals surface area (Å²) in [7, 11) is 0. The maximum atomic E-state index is 13.8. The third kappa shape index (κ3) is 5.47. The molecular weight excluding hydrogens is 503 g/mol. The predicted octanol–water partition coefficient (Wildman–Crippen LogP) is 2.02. The van der Waals surface area contributed by atoms with Crippen molar-refractivity contribution in [3.8, 4) is 6.07 Å². The molecule has 3 N–H and O–H groups in total.